The number of ether oxygens (including phenoxy) is 1. The lowest BCUT2D eigenvalue weighted by Gasteiger charge is -2.22. The highest BCUT2D eigenvalue weighted by Crippen LogP contribution is 2.37. The van der Waals surface area contributed by atoms with Crippen LogP contribution < -0.4 is 15.4 Å². The highest BCUT2D eigenvalue weighted by Gasteiger charge is 2.49. The Morgan fingerprint density at radius 2 is 1.53 bits per heavy atom. The summed E-state index contributed by atoms with van der Waals surface area (Å²) in [5.74, 6) is -1.52. The third-order valence-corrected chi connectivity index (χ3v) is 5.12. The van der Waals surface area contributed by atoms with E-state index in [1.54, 1.807) is 12.1 Å². The SMILES string of the molecule is COc1ccc([C@]2(C)NC(=O)N(CC(=O)Nc3cc(C(F)(F)F)cc(C(F)(F)F)c3)C2=O)cc1. The molecule has 0 aromatic heterocycles. The van der Waals surface area contributed by atoms with Crippen molar-refractivity contribution < 1.29 is 45.5 Å². The zero-order valence-electron chi connectivity index (χ0n) is 17.6. The van der Waals surface area contributed by atoms with Gasteiger partial charge in [-0.1, -0.05) is 12.1 Å². The average Bonchev–Trinajstić information content (AvgIpc) is 2.96. The molecule has 2 aromatic rings. The zero-order chi connectivity index (χ0) is 25.5. The van der Waals surface area contributed by atoms with Crippen LogP contribution >= 0.6 is 0 Å². The van der Waals surface area contributed by atoms with Crippen LogP contribution in [0.5, 0.6) is 5.75 Å². The van der Waals surface area contributed by atoms with Crippen molar-refractivity contribution in [2.24, 2.45) is 0 Å². The normalized spacial score (nSPS) is 18.6. The summed E-state index contributed by atoms with van der Waals surface area (Å²) < 4.78 is 83.1. The van der Waals surface area contributed by atoms with Gasteiger partial charge < -0.3 is 15.4 Å². The Hall–Kier alpha value is -3.77. The van der Waals surface area contributed by atoms with Crippen LogP contribution in [0, 0.1) is 0 Å². The van der Waals surface area contributed by atoms with E-state index in [0.29, 0.717) is 28.3 Å². The summed E-state index contributed by atoms with van der Waals surface area (Å²) in [7, 11) is 1.43. The molecular formula is C21H17F6N3O4. The van der Waals surface area contributed by atoms with Gasteiger partial charge in [0.25, 0.3) is 5.91 Å². The van der Waals surface area contributed by atoms with E-state index >= 15 is 0 Å². The van der Waals surface area contributed by atoms with Gasteiger partial charge >= 0.3 is 18.4 Å². The number of anilines is 1. The molecule has 0 saturated carbocycles. The van der Waals surface area contributed by atoms with E-state index in [-0.39, 0.29) is 6.07 Å². The Bertz CT molecular complexity index is 1100. The molecule has 4 amide bonds. The molecule has 1 atom stereocenters. The highest BCUT2D eigenvalue weighted by molar-refractivity contribution is 6.10. The molecule has 2 aromatic carbocycles. The van der Waals surface area contributed by atoms with Crippen molar-refractivity contribution in [3.8, 4) is 5.75 Å². The van der Waals surface area contributed by atoms with E-state index in [9.17, 15) is 40.7 Å². The molecule has 1 heterocycles. The molecule has 13 heteroatoms. The summed E-state index contributed by atoms with van der Waals surface area (Å²) >= 11 is 0. The molecule has 1 aliphatic heterocycles. The van der Waals surface area contributed by atoms with Crippen LogP contribution in [0.2, 0.25) is 0 Å². The molecule has 1 aliphatic rings. The lowest BCUT2D eigenvalue weighted by molar-refractivity contribution is -0.143. The van der Waals surface area contributed by atoms with Crippen LogP contribution in [0.25, 0.3) is 0 Å². The zero-order valence-corrected chi connectivity index (χ0v) is 17.6. The fourth-order valence-corrected chi connectivity index (χ4v) is 3.33. The van der Waals surface area contributed by atoms with Gasteiger partial charge in [0.1, 0.15) is 17.8 Å². The number of nitrogens with zero attached hydrogens (tertiary/aromatic N) is 1. The Balaban J connectivity index is 1.81. The largest absolute Gasteiger partial charge is 0.497 e. The first kappa shape index (κ1) is 24.9. The molecule has 0 spiro atoms. The maximum absolute atomic E-state index is 13.0. The van der Waals surface area contributed by atoms with Crippen LogP contribution in [0.4, 0.5) is 36.8 Å². The molecule has 7 nitrogen and oxygen atoms in total. The Morgan fingerprint density at radius 1 is 1.00 bits per heavy atom. The summed E-state index contributed by atoms with van der Waals surface area (Å²) in [6.07, 6.45) is -10.2. The predicted molar refractivity (Wildman–Crippen MR) is 106 cm³/mol. The standard InChI is InChI=1S/C21H17F6N3O4/c1-19(11-3-5-15(34-2)6-4-11)17(32)30(18(33)29-19)10-16(31)28-14-8-12(20(22,23)24)7-13(9-14)21(25,26)27/h3-9H,10H2,1-2H3,(H,28,31)(H,29,33)/t19-/m0/s1. The Kier molecular flexibility index (Phi) is 6.24. The van der Waals surface area contributed by atoms with Gasteiger partial charge in [-0.25, -0.2) is 4.79 Å². The van der Waals surface area contributed by atoms with Crippen LogP contribution in [-0.4, -0.2) is 36.4 Å². The summed E-state index contributed by atoms with van der Waals surface area (Å²) in [6.45, 7) is 0.448. The molecule has 1 fully saturated rings. The number of nitrogens with one attached hydrogen (secondary N) is 2. The molecule has 0 bridgehead atoms. The smallest absolute Gasteiger partial charge is 0.416 e. The molecule has 1 saturated heterocycles. The van der Waals surface area contributed by atoms with Crippen LogP contribution in [0.1, 0.15) is 23.6 Å². The van der Waals surface area contributed by atoms with Gasteiger partial charge in [-0.3, -0.25) is 14.5 Å². The van der Waals surface area contributed by atoms with E-state index in [4.69, 9.17) is 4.74 Å². The van der Waals surface area contributed by atoms with Crippen molar-refractivity contribution >= 4 is 23.5 Å². The minimum atomic E-state index is -5.11. The number of alkyl halides is 6. The average molecular weight is 489 g/mol. The van der Waals surface area contributed by atoms with Gasteiger partial charge in [0, 0.05) is 5.69 Å². The van der Waals surface area contributed by atoms with E-state index in [1.165, 1.54) is 26.2 Å². The molecule has 3 rings (SSSR count). The number of methoxy groups -OCH3 is 1. The second kappa shape index (κ2) is 8.54. The first-order valence-corrected chi connectivity index (χ1v) is 9.53. The number of carbonyl (C=O) groups excluding carboxylic acids is 3. The molecule has 2 N–H and O–H groups in total. The number of halogens is 6. The van der Waals surface area contributed by atoms with Crippen molar-refractivity contribution in [3.05, 3.63) is 59.2 Å². The quantitative estimate of drug-likeness (QED) is 0.488. The summed E-state index contributed by atoms with van der Waals surface area (Å²) in [6, 6.07) is 5.71. The van der Waals surface area contributed by atoms with E-state index < -0.39 is 59.1 Å². The summed E-state index contributed by atoms with van der Waals surface area (Å²) in [5, 5.41) is 4.32. The monoisotopic (exact) mass is 489 g/mol. The number of benzene rings is 2. The third kappa shape index (κ3) is 4.92. The van der Waals surface area contributed by atoms with Crippen molar-refractivity contribution in [3.63, 3.8) is 0 Å². The first-order chi connectivity index (χ1) is 15.6. The van der Waals surface area contributed by atoms with Gasteiger partial charge in [-0.05, 0) is 42.8 Å². The van der Waals surface area contributed by atoms with Gasteiger partial charge in [0.2, 0.25) is 5.91 Å². The fraction of sp³-hybridized carbons (Fsp3) is 0.286. The number of rotatable bonds is 5. The van der Waals surface area contributed by atoms with Crippen LogP contribution in [0.3, 0.4) is 0 Å². The number of urea groups is 1. The lowest BCUT2D eigenvalue weighted by Crippen LogP contribution is -2.42. The third-order valence-electron chi connectivity index (χ3n) is 5.12. The van der Waals surface area contributed by atoms with E-state index in [0.717, 1.165) is 0 Å². The maximum atomic E-state index is 13.0. The van der Waals surface area contributed by atoms with Crippen molar-refractivity contribution in [2.75, 3.05) is 19.0 Å². The summed E-state index contributed by atoms with van der Waals surface area (Å²) in [5.41, 5.74) is -5.23. The number of carbonyl (C=O) groups is 3. The molecule has 182 valence electrons. The molecule has 34 heavy (non-hydrogen) atoms. The highest BCUT2D eigenvalue weighted by atomic mass is 19.4. The molecular weight excluding hydrogens is 472 g/mol. The Morgan fingerprint density at radius 3 is 2.00 bits per heavy atom. The predicted octanol–water partition coefficient (Wildman–Crippen LogP) is 4.14. The number of hydrogen-bond donors (Lipinski definition) is 2. The minimum absolute atomic E-state index is 0.0899. The second-order valence-electron chi connectivity index (χ2n) is 7.52. The van der Waals surface area contributed by atoms with Crippen molar-refractivity contribution in [1.29, 1.82) is 0 Å². The van der Waals surface area contributed by atoms with Gasteiger partial charge in [-0.2, -0.15) is 26.3 Å². The van der Waals surface area contributed by atoms with Crippen LogP contribution in [0.15, 0.2) is 42.5 Å². The molecule has 0 unspecified atom stereocenters. The molecule has 0 radical (unpaired) electrons. The van der Waals surface area contributed by atoms with Gasteiger partial charge in [-0.15, -0.1) is 0 Å². The maximum Gasteiger partial charge on any atom is 0.416 e. The molecule has 0 aliphatic carbocycles. The first-order valence-electron chi connectivity index (χ1n) is 9.53. The van der Waals surface area contributed by atoms with E-state index in [2.05, 4.69) is 5.32 Å². The van der Waals surface area contributed by atoms with Gasteiger partial charge in [0.15, 0.2) is 0 Å². The van der Waals surface area contributed by atoms with Gasteiger partial charge in [0.05, 0.1) is 18.2 Å². The number of amides is 4. The Labute approximate surface area is 188 Å². The van der Waals surface area contributed by atoms with Crippen LogP contribution in [-0.2, 0) is 27.5 Å². The van der Waals surface area contributed by atoms with Crippen molar-refractivity contribution in [2.45, 2.75) is 24.8 Å². The fourth-order valence-electron chi connectivity index (χ4n) is 3.33. The number of hydrogen-bond acceptors (Lipinski definition) is 4. The number of imide groups is 1. The topological polar surface area (TPSA) is 87.7 Å². The second-order valence-corrected chi connectivity index (χ2v) is 7.52. The van der Waals surface area contributed by atoms with E-state index in [1.807, 2.05) is 5.32 Å². The minimum Gasteiger partial charge on any atom is -0.497 e. The van der Waals surface area contributed by atoms with Crippen molar-refractivity contribution in [1.82, 2.24) is 10.2 Å². The summed E-state index contributed by atoms with van der Waals surface area (Å²) in [4.78, 5) is 38.1. The lowest BCUT2D eigenvalue weighted by atomic mass is 9.92.